The monoisotopic (exact) mass is 434 g/mol. The van der Waals surface area contributed by atoms with Gasteiger partial charge in [-0.2, -0.15) is 0 Å². The highest BCUT2D eigenvalue weighted by Gasteiger charge is 2.49. The number of allylic oxidation sites excluding steroid dienone is 1. The Morgan fingerprint density at radius 3 is 1.69 bits per heavy atom. The fourth-order valence-electron chi connectivity index (χ4n) is 1.84. The quantitative estimate of drug-likeness (QED) is 0.307. The molecule has 0 amide bonds. The van der Waals surface area contributed by atoms with Crippen LogP contribution < -0.4 is 0 Å². The maximum Gasteiger partial charge on any atom is 0.486 e. The van der Waals surface area contributed by atoms with Crippen LogP contribution in [0.25, 0.3) is 0 Å². The molecule has 5 nitrogen and oxygen atoms in total. The third kappa shape index (κ3) is 13.6. The van der Waals surface area contributed by atoms with E-state index >= 15 is 0 Å². The lowest BCUT2D eigenvalue weighted by Crippen LogP contribution is -2.41. The summed E-state index contributed by atoms with van der Waals surface area (Å²) >= 11 is 0. The Labute approximate surface area is 182 Å². The van der Waals surface area contributed by atoms with Gasteiger partial charge in [0.15, 0.2) is 0 Å². The summed E-state index contributed by atoms with van der Waals surface area (Å²) in [6, 6.07) is 0. The zero-order chi connectivity index (χ0) is 23.4. The van der Waals surface area contributed by atoms with Gasteiger partial charge >= 0.3 is 7.12 Å². The minimum atomic E-state index is -1.34. The van der Waals surface area contributed by atoms with E-state index in [-0.39, 0.29) is 23.1 Å². The summed E-state index contributed by atoms with van der Waals surface area (Å²) in [5, 5.41) is 0. The van der Waals surface area contributed by atoms with Crippen molar-refractivity contribution in [1.82, 2.24) is 0 Å². The number of unbranched alkanes of at least 4 members (excludes halogenated alkanes) is 4. The minimum absolute atomic E-state index is 0.0764. The van der Waals surface area contributed by atoms with Crippen molar-refractivity contribution in [3.63, 3.8) is 0 Å². The molecule has 0 aromatic carbocycles. The number of ether oxygens (including phenoxy) is 1. The molecule has 1 saturated heterocycles. The molecule has 1 heterocycles. The molecule has 7 heteroatoms. The van der Waals surface area contributed by atoms with Gasteiger partial charge in [-0.3, -0.25) is 0 Å². The van der Waals surface area contributed by atoms with Gasteiger partial charge in [-0.15, -0.1) is 10.3 Å². The summed E-state index contributed by atoms with van der Waals surface area (Å²) < 4.78 is 25.5. The first-order valence-corrected chi connectivity index (χ1v) is 12.8. The highest BCUT2D eigenvalue weighted by atomic mass is 32.3. The summed E-state index contributed by atoms with van der Waals surface area (Å²) in [6.07, 6.45) is 11.8. The van der Waals surface area contributed by atoms with Crippen LogP contribution in [0, 0.1) is 0 Å². The third-order valence-electron chi connectivity index (χ3n) is 5.26. The highest BCUT2D eigenvalue weighted by Crippen LogP contribution is 2.48. The van der Waals surface area contributed by atoms with E-state index in [1.54, 1.807) is 14.2 Å². The molecule has 1 N–H and O–H groups in total. The van der Waals surface area contributed by atoms with Crippen molar-refractivity contribution in [3.05, 3.63) is 12.1 Å². The molecule has 1 rings (SSSR count). The van der Waals surface area contributed by atoms with E-state index in [2.05, 4.69) is 59.3 Å². The van der Waals surface area contributed by atoms with Gasteiger partial charge < -0.3 is 23.4 Å². The summed E-state index contributed by atoms with van der Waals surface area (Å²) in [7, 11) is 1.68. The average Bonchev–Trinajstić information content (AvgIpc) is 2.73. The lowest BCUT2D eigenvalue weighted by molar-refractivity contribution is -0.107. The largest absolute Gasteiger partial charge is 0.486 e. The number of aldehydes is 1. The van der Waals surface area contributed by atoms with Gasteiger partial charge in [0.1, 0.15) is 6.29 Å². The first kappa shape index (κ1) is 30.9. The van der Waals surface area contributed by atoms with Crippen molar-refractivity contribution in [2.24, 2.45) is 0 Å². The molecule has 0 spiro atoms. The Morgan fingerprint density at radius 1 is 0.966 bits per heavy atom. The molecule has 0 aromatic heterocycles. The van der Waals surface area contributed by atoms with Crippen LogP contribution in [0.3, 0.4) is 0 Å². The number of rotatable bonds is 7. The molecule has 0 aliphatic carbocycles. The fraction of sp³-hybridized carbons (Fsp3) is 0.864. The minimum Gasteiger partial charge on any atom is -0.400 e. The van der Waals surface area contributed by atoms with Gasteiger partial charge in [0.25, 0.3) is 0 Å². The Morgan fingerprint density at radius 2 is 1.34 bits per heavy atom. The Bertz CT molecular complexity index is 437. The van der Waals surface area contributed by atoms with E-state index in [4.69, 9.17) is 9.31 Å². The van der Waals surface area contributed by atoms with E-state index < -0.39 is 10.3 Å². The van der Waals surface area contributed by atoms with Crippen molar-refractivity contribution in [2.45, 2.75) is 96.5 Å². The van der Waals surface area contributed by atoms with Crippen LogP contribution >= 0.6 is 10.3 Å². The molecular weight excluding hydrogens is 387 g/mol. The van der Waals surface area contributed by atoms with Crippen molar-refractivity contribution in [3.8, 4) is 0 Å². The summed E-state index contributed by atoms with van der Waals surface area (Å²) in [5.74, 6) is 2.00. The maximum atomic E-state index is 10.1. The first-order chi connectivity index (χ1) is 13.1. The number of methoxy groups -OCH3 is 1. The van der Waals surface area contributed by atoms with Crippen LogP contribution in [0.5, 0.6) is 0 Å². The summed E-state index contributed by atoms with van der Waals surface area (Å²) in [6.45, 7) is 14.4. The van der Waals surface area contributed by atoms with Gasteiger partial charge in [0.2, 0.25) is 0 Å². The molecule has 0 unspecified atom stereocenters. The topological polar surface area (TPSA) is 65.0 Å². The van der Waals surface area contributed by atoms with Crippen molar-refractivity contribution < 1.29 is 23.4 Å². The molecule has 0 bridgehead atoms. The molecule has 1 aliphatic rings. The van der Waals surface area contributed by atoms with E-state index in [1.165, 1.54) is 0 Å². The molecular formula is C22H47BO5S. The second-order valence-corrected chi connectivity index (χ2v) is 13.4. The van der Waals surface area contributed by atoms with Gasteiger partial charge in [-0.05, 0) is 59.5 Å². The summed E-state index contributed by atoms with van der Waals surface area (Å²) in [5.41, 5.74) is -0.516. The van der Waals surface area contributed by atoms with E-state index in [1.807, 2.05) is 18.5 Å². The SMILES string of the molecule is CC(C)(C)S(C)(C)O.CC1(C)OB(/C=C/CCCCCC=O)OC1(C)C.COC. The summed E-state index contributed by atoms with van der Waals surface area (Å²) in [4.78, 5) is 10.1. The zero-order valence-corrected chi connectivity index (χ0v) is 21.6. The lowest BCUT2D eigenvalue weighted by atomic mass is 9.89. The number of carbonyl (C=O) groups is 1. The lowest BCUT2D eigenvalue weighted by Gasteiger charge is -2.38. The second kappa shape index (κ2) is 13.9. The van der Waals surface area contributed by atoms with Gasteiger partial charge in [0, 0.05) is 25.4 Å². The molecule has 1 fully saturated rings. The molecule has 1 aliphatic heterocycles. The van der Waals surface area contributed by atoms with Gasteiger partial charge in [-0.1, -0.05) is 39.2 Å². The van der Waals surface area contributed by atoms with E-state index in [9.17, 15) is 9.35 Å². The smallest absolute Gasteiger partial charge is 0.400 e. The van der Waals surface area contributed by atoms with Crippen molar-refractivity contribution in [1.29, 1.82) is 0 Å². The fourth-order valence-corrected chi connectivity index (χ4v) is 1.84. The number of hydrogen-bond acceptors (Lipinski definition) is 5. The second-order valence-electron chi connectivity index (χ2n) is 9.65. The Kier molecular flexibility index (Phi) is 14.8. The van der Waals surface area contributed by atoms with Crippen LogP contribution in [0.2, 0.25) is 0 Å². The number of carbonyl (C=O) groups excluding carboxylic acids is 1. The van der Waals surface area contributed by atoms with E-state index in [0.29, 0.717) is 6.42 Å². The molecule has 174 valence electrons. The van der Waals surface area contributed by atoms with Crippen molar-refractivity contribution >= 4 is 23.7 Å². The molecule has 0 aromatic rings. The van der Waals surface area contributed by atoms with Crippen LogP contribution in [0.1, 0.15) is 80.6 Å². The zero-order valence-electron chi connectivity index (χ0n) is 20.8. The van der Waals surface area contributed by atoms with E-state index in [0.717, 1.165) is 32.0 Å². The molecule has 29 heavy (non-hydrogen) atoms. The normalized spacial score (nSPS) is 18.6. The maximum absolute atomic E-state index is 10.1. The predicted molar refractivity (Wildman–Crippen MR) is 129 cm³/mol. The van der Waals surface area contributed by atoms with Crippen LogP contribution in [0.4, 0.5) is 0 Å². The van der Waals surface area contributed by atoms with Crippen LogP contribution in [0.15, 0.2) is 12.1 Å². The Balaban J connectivity index is 0. The van der Waals surface area contributed by atoms with Gasteiger partial charge in [0.05, 0.1) is 11.2 Å². The highest BCUT2D eigenvalue weighted by molar-refractivity contribution is 8.29. The standard InChI is InChI=1S/C14H25BO3.C6H16OS.C2H6O/c1-13(2)14(3,4)18-15(17-13)11-9-7-5-6-8-10-12-16;1-6(2,3)8(4,5)7;1-3-2/h9,11-12H,5-8,10H2,1-4H3;7H,1-5H3;1-2H3/b11-9+;;. The number of hydrogen-bond donors (Lipinski definition) is 1. The first-order valence-electron chi connectivity index (χ1n) is 10.4. The van der Waals surface area contributed by atoms with Crippen LogP contribution in [-0.2, 0) is 18.8 Å². The van der Waals surface area contributed by atoms with Gasteiger partial charge in [-0.25, -0.2) is 0 Å². The van der Waals surface area contributed by atoms with Crippen LogP contribution in [-0.4, -0.2) is 60.6 Å². The average molecular weight is 434 g/mol. The molecule has 0 atom stereocenters. The molecule has 0 radical (unpaired) electrons. The van der Waals surface area contributed by atoms with Crippen molar-refractivity contribution in [2.75, 3.05) is 26.7 Å². The molecule has 0 saturated carbocycles. The predicted octanol–water partition coefficient (Wildman–Crippen LogP) is 5.91. The third-order valence-corrected chi connectivity index (χ3v) is 8.25. The Hall–Kier alpha value is -0.335.